The van der Waals surface area contributed by atoms with E-state index in [0.29, 0.717) is 10.9 Å². The first-order chi connectivity index (χ1) is 19.5. The summed E-state index contributed by atoms with van der Waals surface area (Å²) in [5, 5.41) is 19.8. The van der Waals surface area contributed by atoms with Gasteiger partial charge >= 0.3 is 12.1 Å². The van der Waals surface area contributed by atoms with Gasteiger partial charge in [0.2, 0.25) is 5.96 Å². The van der Waals surface area contributed by atoms with Crippen molar-refractivity contribution in [2.24, 2.45) is 10.1 Å². The van der Waals surface area contributed by atoms with Gasteiger partial charge in [-0.25, -0.2) is 20.0 Å². The van der Waals surface area contributed by atoms with Crippen molar-refractivity contribution in [3.63, 3.8) is 0 Å². The van der Waals surface area contributed by atoms with Gasteiger partial charge in [-0.3, -0.25) is 4.21 Å². The van der Waals surface area contributed by atoms with Crippen LogP contribution in [0.4, 0.5) is 4.79 Å². The molecule has 40 heavy (non-hydrogen) atoms. The number of aryl methyl sites for hydroxylation is 1. The van der Waals surface area contributed by atoms with Crippen molar-refractivity contribution in [3.8, 4) is 0 Å². The monoisotopic (exact) mass is 563 g/mol. The zero-order chi connectivity index (χ0) is 27.9. The Hall–Kier alpha value is -3.99. The number of carbonyl (C=O) groups is 2. The highest BCUT2D eigenvalue weighted by Gasteiger charge is 2.27. The molecule has 2 unspecified atom stereocenters. The molecule has 0 aromatic heterocycles. The number of carboxylic acids is 1. The third-order valence-corrected chi connectivity index (χ3v) is 8.61. The first-order valence-corrected chi connectivity index (χ1v) is 14.8. The smallest absolute Gasteiger partial charge is 0.408 e. The molecule has 2 aromatic rings. The minimum absolute atomic E-state index is 0.00909. The number of amides is 1. The number of alkyl carbamates (subject to hydrolysis) is 1. The van der Waals surface area contributed by atoms with E-state index in [1.807, 2.05) is 48.5 Å². The molecule has 0 radical (unpaired) electrons. The predicted octanol–water partition coefficient (Wildman–Crippen LogP) is 3.35. The van der Waals surface area contributed by atoms with E-state index in [1.165, 1.54) is 16.7 Å². The van der Waals surface area contributed by atoms with Gasteiger partial charge < -0.3 is 20.5 Å². The predicted molar refractivity (Wildman–Crippen MR) is 153 cm³/mol. The van der Waals surface area contributed by atoms with Crippen LogP contribution in [0.5, 0.6) is 0 Å². The molecule has 1 heterocycles. The maximum atomic E-state index is 13.2. The summed E-state index contributed by atoms with van der Waals surface area (Å²) >= 11 is 0. The summed E-state index contributed by atoms with van der Waals surface area (Å²) in [6.45, 7) is 1.59. The minimum Gasteiger partial charge on any atom is -0.480 e. The Kier molecular flexibility index (Phi) is 8.90. The molecule has 2 aromatic carbocycles. The number of benzene rings is 2. The average molecular weight is 564 g/mol. The van der Waals surface area contributed by atoms with Gasteiger partial charge in [0.25, 0.3) is 0 Å². The first-order valence-electron chi connectivity index (χ1n) is 13.5. The largest absolute Gasteiger partial charge is 0.480 e. The molecule has 0 bridgehead atoms. The molecule has 11 heteroatoms. The summed E-state index contributed by atoms with van der Waals surface area (Å²) in [6, 6.07) is 13.8. The molecule has 0 fully saturated rings. The lowest BCUT2D eigenvalue weighted by molar-refractivity contribution is -0.139. The Bertz CT molecular complexity index is 1390. The van der Waals surface area contributed by atoms with Crippen LogP contribution in [-0.2, 0) is 33.4 Å². The minimum atomic E-state index is -1.43. The van der Waals surface area contributed by atoms with Crippen molar-refractivity contribution in [2.45, 2.75) is 56.1 Å². The number of nitrogens with zero attached hydrogens (tertiary/aromatic N) is 2. The zero-order valence-electron chi connectivity index (χ0n) is 22.2. The Labute approximate surface area is 235 Å². The van der Waals surface area contributed by atoms with Gasteiger partial charge in [-0.15, -0.1) is 0 Å². The van der Waals surface area contributed by atoms with E-state index in [0.717, 1.165) is 62.0 Å². The van der Waals surface area contributed by atoms with Crippen LogP contribution in [0.1, 0.15) is 48.8 Å². The van der Waals surface area contributed by atoms with Crippen molar-refractivity contribution in [1.82, 2.24) is 16.1 Å². The number of allylic oxidation sites excluding steroid dienone is 2. The number of carboxylic acid groups (broad SMARTS) is 1. The van der Waals surface area contributed by atoms with E-state index >= 15 is 0 Å². The van der Waals surface area contributed by atoms with E-state index in [-0.39, 0.29) is 18.8 Å². The Morgan fingerprint density at radius 3 is 2.70 bits per heavy atom. The second-order valence-electron chi connectivity index (χ2n) is 9.89. The third kappa shape index (κ3) is 6.77. The van der Waals surface area contributed by atoms with Gasteiger partial charge in [0.1, 0.15) is 12.6 Å². The molecular weight excluding hydrogens is 530 g/mol. The van der Waals surface area contributed by atoms with E-state index in [9.17, 15) is 18.9 Å². The quantitative estimate of drug-likeness (QED) is 0.343. The number of aliphatic imine (C=N–C) groups is 1. The lowest BCUT2D eigenvalue weighted by Crippen LogP contribution is -2.41. The molecule has 1 aliphatic heterocycles. The Morgan fingerprint density at radius 1 is 1.10 bits per heavy atom. The van der Waals surface area contributed by atoms with E-state index in [4.69, 9.17) is 4.74 Å². The topological polar surface area (TPSA) is 141 Å². The molecule has 4 N–H and O–H groups in total. The van der Waals surface area contributed by atoms with Crippen LogP contribution < -0.4 is 16.1 Å². The molecule has 0 saturated carbocycles. The lowest BCUT2D eigenvalue weighted by Gasteiger charge is -2.15. The van der Waals surface area contributed by atoms with Crippen LogP contribution in [-0.4, -0.2) is 57.9 Å². The number of hydrogen-bond acceptors (Lipinski definition) is 8. The molecule has 2 atom stereocenters. The summed E-state index contributed by atoms with van der Waals surface area (Å²) < 4.78 is 18.3. The van der Waals surface area contributed by atoms with E-state index in [1.54, 1.807) is 0 Å². The number of hydrazone groups is 1. The normalized spacial score (nSPS) is 18.6. The highest BCUT2D eigenvalue weighted by molar-refractivity contribution is 7.85. The molecule has 2 aliphatic carbocycles. The lowest BCUT2D eigenvalue weighted by atomic mass is 9.97. The van der Waals surface area contributed by atoms with Gasteiger partial charge in [0.05, 0.1) is 23.1 Å². The fourth-order valence-electron chi connectivity index (χ4n) is 5.20. The summed E-state index contributed by atoms with van der Waals surface area (Å²) in [6.07, 6.45) is 3.76. The molecule has 0 spiro atoms. The van der Waals surface area contributed by atoms with E-state index in [2.05, 4.69) is 26.2 Å². The molecule has 10 nitrogen and oxygen atoms in total. The van der Waals surface area contributed by atoms with Gasteiger partial charge in [0, 0.05) is 17.2 Å². The molecule has 1 amide bonds. The number of guanidine groups is 1. The number of fused-ring (bicyclic) bond motifs is 2. The standard InChI is InChI=1S/C29H33N5O5S/c35-27(36)26(32-29(37)39-18-19-5-2-1-3-6-19)13-16-40(38)21-10-11-22-20(17-21)9-12-25(24-8-4-7-23(22)24)33-34-28-30-14-15-31-28/h1-3,5-6,10-11,17,26H,4,7-9,12-16,18H2,(H,32,37)(H,35,36)(H2,30,31,34). The van der Waals surface area contributed by atoms with Crippen LogP contribution in [0.2, 0.25) is 0 Å². The van der Waals surface area contributed by atoms with Crippen LogP contribution in [0.3, 0.4) is 0 Å². The average Bonchev–Trinajstić information content (AvgIpc) is 3.65. The fraction of sp³-hybridized carbons (Fsp3) is 0.379. The van der Waals surface area contributed by atoms with Crippen molar-refractivity contribution in [2.75, 3.05) is 18.8 Å². The molecule has 3 aliphatic rings. The second-order valence-corrected chi connectivity index (χ2v) is 11.5. The van der Waals surface area contributed by atoms with Crippen molar-refractivity contribution < 1.29 is 23.6 Å². The number of carbonyl (C=O) groups excluding carboxylic acids is 1. The summed E-state index contributed by atoms with van der Waals surface area (Å²) in [7, 11) is -1.43. The van der Waals surface area contributed by atoms with Crippen LogP contribution >= 0.6 is 0 Å². The Morgan fingerprint density at radius 2 is 1.93 bits per heavy atom. The maximum absolute atomic E-state index is 13.2. The van der Waals surface area contributed by atoms with Gasteiger partial charge in [-0.2, -0.15) is 5.10 Å². The summed E-state index contributed by atoms with van der Waals surface area (Å²) in [5.41, 5.74) is 9.80. The number of ether oxygens (including phenoxy) is 1. The van der Waals surface area contributed by atoms with Crippen molar-refractivity contribution in [3.05, 3.63) is 70.8 Å². The zero-order valence-corrected chi connectivity index (χ0v) is 23.0. The van der Waals surface area contributed by atoms with Gasteiger partial charge in [-0.05, 0) is 78.5 Å². The van der Waals surface area contributed by atoms with Gasteiger partial charge in [0.15, 0.2) is 0 Å². The van der Waals surface area contributed by atoms with Crippen LogP contribution in [0, 0.1) is 0 Å². The Balaban J connectivity index is 1.21. The van der Waals surface area contributed by atoms with Gasteiger partial charge in [-0.1, -0.05) is 36.4 Å². The highest BCUT2D eigenvalue weighted by atomic mass is 32.2. The highest BCUT2D eigenvalue weighted by Crippen LogP contribution is 2.40. The fourth-order valence-corrected chi connectivity index (χ4v) is 6.38. The maximum Gasteiger partial charge on any atom is 0.408 e. The number of aliphatic carboxylic acids is 1. The molecule has 0 saturated heterocycles. The summed E-state index contributed by atoms with van der Waals surface area (Å²) in [5.74, 6) is -0.407. The van der Waals surface area contributed by atoms with Crippen LogP contribution in [0.25, 0.3) is 5.57 Å². The van der Waals surface area contributed by atoms with Crippen molar-refractivity contribution >= 4 is 40.1 Å². The second kappa shape index (κ2) is 12.9. The summed E-state index contributed by atoms with van der Waals surface area (Å²) in [4.78, 5) is 28.9. The molecule has 210 valence electrons. The van der Waals surface area contributed by atoms with E-state index < -0.39 is 28.9 Å². The first kappa shape index (κ1) is 27.6. The van der Waals surface area contributed by atoms with Crippen molar-refractivity contribution in [1.29, 1.82) is 0 Å². The molecule has 5 rings (SSSR count). The number of nitrogens with one attached hydrogen (secondary N) is 3. The molecular formula is C29H33N5O5S. The number of hydrogen-bond donors (Lipinski definition) is 4. The van der Waals surface area contributed by atoms with Crippen LogP contribution in [0.15, 0.2) is 69.1 Å². The SMILES string of the molecule is O=C(NC(CCS(=O)c1ccc2c(c1)CCC(=NNC1=NCCN1)C1=C2CCC1)C(=O)O)OCc1ccccc1. The third-order valence-electron chi connectivity index (χ3n) is 7.23. The number of rotatable bonds is 9.